The van der Waals surface area contributed by atoms with Crippen LogP contribution in [0.4, 0.5) is 5.82 Å². The molecule has 1 N–H and O–H groups in total. The van der Waals surface area contributed by atoms with E-state index in [1.54, 1.807) is 6.33 Å². The number of nitrogens with zero attached hydrogens (tertiary/aromatic N) is 2. The van der Waals surface area contributed by atoms with Crippen LogP contribution < -0.4 is 5.32 Å². The van der Waals surface area contributed by atoms with Crippen LogP contribution >= 0.6 is 0 Å². The van der Waals surface area contributed by atoms with Crippen LogP contribution in [0.25, 0.3) is 0 Å². The maximum atomic E-state index is 4.38. The molecule has 1 aliphatic carbocycles. The summed E-state index contributed by atoms with van der Waals surface area (Å²) in [5.41, 5.74) is 2.59. The van der Waals surface area contributed by atoms with E-state index in [4.69, 9.17) is 0 Å². The second-order valence-electron chi connectivity index (χ2n) is 4.82. The van der Waals surface area contributed by atoms with E-state index in [1.165, 1.54) is 24.1 Å². The summed E-state index contributed by atoms with van der Waals surface area (Å²) in [5, 5.41) is 3.54. The van der Waals surface area contributed by atoms with E-state index in [9.17, 15) is 0 Å². The van der Waals surface area contributed by atoms with E-state index in [-0.39, 0.29) is 0 Å². The first-order valence-corrected chi connectivity index (χ1v) is 6.31. The molecule has 0 radical (unpaired) electrons. The van der Waals surface area contributed by atoms with Crippen molar-refractivity contribution in [2.75, 3.05) is 5.32 Å². The summed E-state index contributed by atoms with van der Waals surface area (Å²) < 4.78 is 0. The molecule has 0 saturated heterocycles. The maximum Gasteiger partial charge on any atom is 0.133 e. The number of fused-ring (bicyclic) bond motifs is 1. The first kappa shape index (κ1) is 11.4. The molecule has 3 heteroatoms. The molecule has 88 valence electrons. The van der Waals surface area contributed by atoms with Gasteiger partial charge in [-0.1, -0.05) is 20.3 Å². The lowest BCUT2D eigenvalue weighted by molar-refractivity contribution is 0.493. The molecule has 16 heavy (non-hydrogen) atoms. The zero-order chi connectivity index (χ0) is 11.5. The van der Waals surface area contributed by atoms with Gasteiger partial charge in [0.1, 0.15) is 12.1 Å². The van der Waals surface area contributed by atoms with Gasteiger partial charge in [0.25, 0.3) is 0 Å². The van der Waals surface area contributed by atoms with E-state index in [0.717, 1.165) is 18.7 Å². The van der Waals surface area contributed by atoms with Gasteiger partial charge >= 0.3 is 0 Å². The van der Waals surface area contributed by atoms with Gasteiger partial charge in [-0.2, -0.15) is 0 Å². The minimum atomic E-state index is 0.476. The fourth-order valence-electron chi connectivity index (χ4n) is 2.20. The zero-order valence-corrected chi connectivity index (χ0v) is 10.5. The highest BCUT2D eigenvalue weighted by atomic mass is 15.0. The molecule has 3 nitrogen and oxygen atoms in total. The Morgan fingerprint density at radius 2 is 2.12 bits per heavy atom. The van der Waals surface area contributed by atoms with Gasteiger partial charge in [-0.15, -0.1) is 0 Å². The number of rotatable bonds is 4. The first-order valence-electron chi connectivity index (χ1n) is 6.31. The SMILES string of the molecule is CCC(C)C(C)Nc1ncnc2c1CCC2. The van der Waals surface area contributed by atoms with Crippen LogP contribution in [0.1, 0.15) is 44.9 Å². The third-order valence-corrected chi connectivity index (χ3v) is 3.74. The van der Waals surface area contributed by atoms with Crippen molar-refractivity contribution in [3.8, 4) is 0 Å². The fraction of sp³-hybridized carbons (Fsp3) is 0.692. The van der Waals surface area contributed by atoms with Gasteiger partial charge in [-0.05, 0) is 32.1 Å². The molecule has 0 amide bonds. The normalized spacial score (nSPS) is 17.9. The summed E-state index contributed by atoms with van der Waals surface area (Å²) in [6, 6.07) is 0.476. The third kappa shape index (κ3) is 2.18. The van der Waals surface area contributed by atoms with E-state index in [1.807, 2.05) is 0 Å². The smallest absolute Gasteiger partial charge is 0.133 e. The highest BCUT2D eigenvalue weighted by Crippen LogP contribution is 2.26. The molecule has 0 saturated carbocycles. The van der Waals surface area contributed by atoms with E-state index in [0.29, 0.717) is 12.0 Å². The standard InChI is InChI=1S/C13H21N3/c1-4-9(2)10(3)16-13-11-6-5-7-12(11)14-8-15-13/h8-10H,4-7H2,1-3H3,(H,14,15,16). The number of hydrogen-bond acceptors (Lipinski definition) is 3. The second-order valence-corrected chi connectivity index (χ2v) is 4.82. The number of anilines is 1. The van der Waals surface area contributed by atoms with Gasteiger partial charge in [0.2, 0.25) is 0 Å². The summed E-state index contributed by atoms with van der Waals surface area (Å²) >= 11 is 0. The van der Waals surface area contributed by atoms with Crippen LogP contribution in [-0.4, -0.2) is 16.0 Å². The van der Waals surface area contributed by atoms with E-state index >= 15 is 0 Å². The number of nitrogens with one attached hydrogen (secondary N) is 1. The van der Waals surface area contributed by atoms with E-state index in [2.05, 4.69) is 36.1 Å². The van der Waals surface area contributed by atoms with Crippen LogP contribution in [0.3, 0.4) is 0 Å². The molecule has 0 fully saturated rings. The Morgan fingerprint density at radius 1 is 1.31 bits per heavy atom. The fourth-order valence-corrected chi connectivity index (χ4v) is 2.20. The highest BCUT2D eigenvalue weighted by Gasteiger charge is 2.19. The van der Waals surface area contributed by atoms with Crippen LogP contribution in [0, 0.1) is 5.92 Å². The van der Waals surface area contributed by atoms with Crippen LogP contribution in [0.2, 0.25) is 0 Å². The predicted molar refractivity (Wildman–Crippen MR) is 66.6 cm³/mol. The summed E-state index contributed by atoms with van der Waals surface area (Å²) in [6.45, 7) is 6.74. The topological polar surface area (TPSA) is 37.8 Å². The number of aromatic nitrogens is 2. The lowest BCUT2D eigenvalue weighted by atomic mass is 10.0. The van der Waals surface area contributed by atoms with Gasteiger partial charge in [-0.3, -0.25) is 0 Å². The van der Waals surface area contributed by atoms with Crippen molar-refractivity contribution in [3.63, 3.8) is 0 Å². The average Bonchev–Trinajstić information content (AvgIpc) is 2.77. The number of hydrogen-bond donors (Lipinski definition) is 1. The van der Waals surface area contributed by atoms with Gasteiger partial charge in [0, 0.05) is 17.3 Å². The Bertz CT molecular complexity index is 362. The molecule has 0 aliphatic heterocycles. The minimum absolute atomic E-state index is 0.476. The summed E-state index contributed by atoms with van der Waals surface area (Å²) in [6.07, 6.45) is 6.35. The molecule has 1 aromatic rings. The average molecular weight is 219 g/mol. The molecular weight excluding hydrogens is 198 g/mol. The summed E-state index contributed by atoms with van der Waals surface area (Å²) in [4.78, 5) is 8.73. The molecule has 1 heterocycles. The predicted octanol–water partition coefficient (Wildman–Crippen LogP) is 2.81. The lowest BCUT2D eigenvalue weighted by Gasteiger charge is -2.21. The van der Waals surface area contributed by atoms with Crippen molar-refractivity contribution >= 4 is 5.82 Å². The summed E-state index contributed by atoms with van der Waals surface area (Å²) in [7, 11) is 0. The molecule has 1 aromatic heterocycles. The van der Waals surface area contributed by atoms with Crippen molar-refractivity contribution in [2.24, 2.45) is 5.92 Å². The van der Waals surface area contributed by atoms with Crippen molar-refractivity contribution in [2.45, 2.75) is 52.5 Å². The Morgan fingerprint density at radius 3 is 2.88 bits per heavy atom. The van der Waals surface area contributed by atoms with Crippen LogP contribution in [-0.2, 0) is 12.8 Å². The molecular formula is C13H21N3. The zero-order valence-electron chi connectivity index (χ0n) is 10.5. The molecule has 0 bridgehead atoms. The quantitative estimate of drug-likeness (QED) is 0.846. The van der Waals surface area contributed by atoms with Crippen molar-refractivity contribution in [1.82, 2.24) is 9.97 Å². The third-order valence-electron chi connectivity index (χ3n) is 3.74. The maximum absolute atomic E-state index is 4.38. The molecule has 1 aliphatic rings. The summed E-state index contributed by atoms with van der Waals surface area (Å²) in [5.74, 6) is 1.74. The molecule has 0 spiro atoms. The first-order chi connectivity index (χ1) is 7.72. The van der Waals surface area contributed by atoms with Gasteiger partial charge < -0.3 is 5.32 Å². The molecule has 2 rings (SSSR count). The van der Waals surface area contributed by atoms with Crippen LogP contribution in [0.5, 0.6) is 0 Å². The minimum Gasteiger partial charge on any atom is -0.367 e. The molecule has 0 aromatic carbocycles. The molecule has 2 atom stereocenters. The van der Waals surface area contributed by atoms with Crippen molar-refractivity contribution < 1.29 is 0 Å². The number of aryl methyl sites for hydroxylation is 1. The lowest BCUT2D eigenvalue weighted by Crippen LogP contribution is -2.24. The van der Waals surface area contributed by atoms with Crippen LogP contribution in [0.15, 0.2) is 6.33 Å². The highest BCUT2D eigenvalue weighted by molar-refractivity contribution is 5.48. The second kappa shape index (κ2) is 4.81. The van der Waals surface area contributed by atoms with Crippen molar-refractivity contribution in [1.29, 1.82) is 0 Å². The Kier molecular flexibility index (Phi) is 3.42. The molecule has 2 unspecified atom stereocenters. The Balaban J connectivity index is 2.13. The Labute approximate surface area is 97.7 Å². The van der Waals surface area contributed by atoms with E-state index < -0.39 is 0 Å². The van der Waals surface area contributed by atoms with Gasteiger partial charge in [-0.25, -0.2) is 9.97 Å². The van der Waals surface area contributed by atoms with Gasteiger partial charge in [0.05, 0.1) is 0 Å². The van der Waals surface area contributed by atoms with Crippen molar-refractivity contribution in [3.05, 3.63) is 17.6 Å². The van der Waals surface area contributed by atoms with Gasteiger partial charge in [0.15, 0.2) is 0 Å². The largest absolute Gasteiger partial charge is 0.367 e. The monoisotopic (exact) mass is 219 g/mol. The Hall–Kier alpha value is -1.12.